The molecule has 4 nitrogen and oxygen atoms in total. The second-order valence-corrected chi connectivity index (χ2v) is 5.97. The van der Waals surface area contributed by atoms with Gasteiger partial charge in [-0.25, -0.2) is 4.79 Å². The first-order chi connectivity index (χ1) is 9.47. The van der Waals surface area contributed by atoms with Crippen LogP contribution in [0.5, 0.6) is 0 Å². The molecule has 5 heteroatoms. The van der Waals surface area contributed by atoms with Crippen molar-refractivity contribution in [2.75, 3.05) is 0 Å². The number of thiophene rings is 1. The number of hydrogen-bond donors (Lipinski definition) is 2. The number of aryl methyl sites for hydroxylation is 2. The van der Waals surface area contributed by atoms with Crippen LogP contribution in [-0.4, -0.2) is 17.0 Å². The van der Waals surface area contributed by atoms with E-state index in [9.17, 15) is 9.59 Å². The molecule has 1 aromatic carbocycles. The largest absolute Gasteiger partial charge is 0.478 e. The third kappa shape index (κ3) is 3.24. The van der Waals surface area contributed by atoms with Crippen molar-refractivity contribution >= 4 is 23.2 Å². The summed E-state index contributed by atoms with van der Waals surface area (Å²) in [6.07, 6.45) is 0. The number of rotatable bonds is 4. The molecule has 1 amide bonds. The monoisotopic (exact) mass is 289 g/mol. The van der Waals surface area contributed by atoms with Crippen LogP contribution in [0.2, 0.25) is 0 Å². The maximum atomic E-state index is 12.0. The molecular weight excluding hydrogens is 274 g/mol. The van der Waals surface area contributed by atoms with Gasteiger partial charge in [0.15, 0.2) is 0 Å². The Labute approximate surface area is 121 Å². The maximum Gasteiger partial charge on any atom is 0.335 e. The summed E-state index contributed by atoms with van der Waals surface area (Å²) in [5, 5.41) is 11.6. The number of carboxylic acid groups (broad SMARTS) is 1. The van der Waals surface area contributed by atoms with Crippen LogP contribution in [0.25, 0.3) is 0 Å². The summed E-state index contributed by atoms with van der Waals surface area (Å²) < 4.78 is 0. The molecule has 2 aromatic rings. The van der Waals surface area contributed by atoms with Crippen molar-refractivity contribution in [2.24, 2.45) is 0 Å². The Morgan fingerprint density at radius 3 is 2.35 bits per heavy atom. The van der Waals surface area contributed by atoms with Gasteiger partial charge in [-0.05, 0) is 37.6 Å². The first-order valence-electron chi connectivity index (χ1n) is 6.15. The van der Waals surface area contributed by atoms with Crippen LogP contribution >= 0.6 is 11.3 Å². The molecule has 20 heavy (non-hydrogen) atoms. The molecule has 104 valence electrons. The third-order valence-corrected chi connectivity index (χ3v) is 3.91. The number of amides is 1. The highest BCUT2D eigenvalue weighted by Gasteiger charge is 2.11. The highest BCUT2D eigenvalue weighted by molar-refractivity contribution is 7.12. The summed E-state index contributed by atoms with van der Waals surface area (Å²) in [6, 6.07) is 8.35. The van der Waals surface area contributed by atoms with Crippen LogP contribution in [0.4, 0.5) is 0 Å². The van der Waals surface area contributed by atoms with Crippen molar-refractivity contribution in [1.29, 1.82) is 0 Å². The van der Waals surface area contributed by atoms with E-state index >= 15 is 0 Å². The number of aromatic carboxylic acids is 1. The van der Waals surface area contributed by atoms with E-state index in [4.69, 9.17) is 5.11 Å². The lowest BCUT2D eigenvalue weighted by Crippen LogP contribution is -2.22. The molecule has 0 saturated carbocycles. The summed E-state index contributed by atoms with van der Waals surface area (Å²) in [5.74, 6) is -1.06. The van der Waals surface area contributed by atoms with Crippen molar-refractivity contribution in [3.8, 4) is 0 Å². The summed E-state index contributed by atoms with van der Waals surface area (Å²) in [5.41, 5.74) is 1.81. The Hall–Kier alpha value is -2.14. The highest BCUT2D eigenvalue weighted by atomic mass is 32.1. The lowest BCUT2D eigenvalue weighted by atomic mass is 10.1. The van der Waals surface area contributed by atoms with E-state index in [2.05, 4.69) is 5.32 Å². The molecule has 0 fully saturated rings. The zero-order chi connectivity index (χ0) is 14.7. The number of benzene rings is 1. The van der Waals surface area contributed by atoms with E-state index in [0.29, 0.717) is 12.1 Å². The molecule has 0 bridgehead atoms. The van der Waals surface area contributed by atoms with E-state index in [-0.39, 0.29) is 11.5 Å². The summed E-state index contributed by atoms with van der Waals surface area (Å²) >= 11 is 1.60. The van der Waals surface area contributed by atoms with Crippen LogP contribution in [0.15, 0.2) is 30.3 Å². The predicted molar refractivity (Wildman–Crippen MR) is 78.4 cm³/mol. The zero-order valence-electron chi connectivity index (χ0n) is 11.3. The standard InChI is InChI=1S/C15H15NO3S/c1-9-7-13(10(2)20-9)14(17)16-8-11-3-5-12(6-4-11)15(18)19/h3-7H,8H2,1-2H3,(H,16,17)(H,18,19). The summed E-state index contributed by atoms with van der Waals surface area (Å²) in [6.45, 7) is 4.28. The third-order valence-electron chi connectivity index (χ3n) is 2.94. The molecule has 0 radical (unpaired) electrons. The van der Waals surface area contributed by atoms with Crippen LogP contribution in [0.1, 0.15) is 36.0 Å². The SMILES string of the molecule is Cc1cc(C(=O)NCc2ccc(C(=O)O)cc2)c(C)s1. The zero-order valence-corrected chi connectivity index (χ0v) is 12.1. The molecular formula is C15H15NO3S. The van der Waals surface area contributed by atoms with Gasteiger partial charge in [0.05, 0.1) is 11.1 Å². The van der Waals surface area contributed by atoms with Crippen LogP contribution in [-0.2, 0) is 6.54 Å². The summed E-state index contributed by atoms with van der Waals surface area (Å²) in [7, 11) is 0. The van der Waals surface area contributed by atoms with E-state index in [0.717, 1.165) is 15.3 Å². The molecule has 0 unspecified atom stereocenters. The lowest BCUT2D eigenvalue weighted by Gasteiger charge is -2.05. The van der Waals surface area contributed by atoms with Gasteiger partial charge in [0.1, 0.15) is 0 Å². The van der Waals surface area contributed by atoms with E-state index in [1.807, 2.05) is 19.9 Å². The van der Waals surface area contributed by atoms with Crippen LogP contribution in [0.3, 0.4) is 0 Å². The molecule has 0 atom stereocenters. The number of hydrogen-bond acceptors (Lipinski definition) is 3. The van der Waals surface area contributed by atoms with E-state index in [1.54, 1.807) is 23.5 Å². The Kier molecular flexibility index (Phi) is 4.20. The predicted octanol–water partition coefficient (Wildman–Crippen LogP) is 2.99. The first kappa shape index (κ1) is 14.3. The molecule has 0 aliphatic rings. The fourth-order valence-electron chi connectivity index (χ4n) is 1.90. The number of carbonyl (C=O) groups excluding carboxylic acids is 1. The quantitative estimate of drug-likeness (QED) is 0.909. The van der Waals surface area contributed by atoms with E-state index in [1.165, 1.54) is 12.1 Å². The lowest BCUT2D eigenvalue weighted by molar-refractivity contribution is 0.0696. The molecule has 0 aliphatic heterocycles. The fraction of sp³-hybridized carbons (Fsp3) is 0.200. The highest BCUT2D eigenvalue weighted by Crippen LogP contribution is 2.20. The Balaban J connectivity index is 2.00. The number of carbonyl (C=O) groups is 2. The van der Waals surface area contributed by atoms with E-state index < -0.39 is 5.97 Å². The van der Waals surface area contributed by atoms with Gasteiger partial charge < -0.3 is 10.4 Å². The number of nitrogens with one attached hydrogen (secondary N) is 1. The first-order valence-corrected chi connectivity index (χ1v) is 6.96. The van der Waals surface area contributed by atoms with Crippen LogP contribution < -0.4 is 5.32 Å². The van der Waals surface area contributed by atoms with Gasteiger partial charge in [0.25, 0.3) is 5.91 Å². The normalized spacial score (nSPS) is 10.3. The second kappa shape index (κ2) is 5.88. The minimum Gasteiger partial charge on any atom is -0.478 e. The van der Waals surface area contributed by atoms with Gasteiger partial charge in [-0.3, -0.25) is 4.79 Å². The smallest absolute Gasteiger partial charge is 0.335 e. The Morgan fingerprint density at radius 1 is 1.20 bits per heavy atom. The number of carboxylic acids is 1. The van der Waals surface area contributed by atoms with Crippen LogP contribution in [0, 0.1) is 13.8 Å². The average molecular weight is 289 g/mol. The second-order valence-electron chi connectivity index (χ2n) is 4.51. The van der Waals surface area contributed by atoms with Gasteiger partial charge in [0.2, 0.25) is 0 Å². The minimum atomic E-state index is -0.954. The Bertz CT molecular complexity index is 644. The molecule has 2 N–H and O–H groups in total. The molecule has 1 aromatic heterocycles. The van der Waals surface area contributed by atoms with Crippen molar-refractivity contribution in [2.45, 2.75) is 20.4 Å². The van der Waals surface area contributed by atoms with Gasteiger partial charge in [-0.2, -0.15) is 0 Å². The summed E-state index contributed by atoms with van der Waals surface area (Å²) in [4.78, 5) is 24.9. The molecule has 2 rings (SSSR count). The molecule has 1 heterocycles. The van der Waals surface area contributed by atoms with Crippen molar-refractivity contribution < 1.29 is 14.7 Å². The van der Waals surface area contributed by atoms with Crippen molar-refractivity contribution in [3.05, 3.63) is 56.8 Å². The van der Waals surface area contributed by atoms with Crippen molar-refractivity contribution in [3.63, 3.8) is 0 Å². The maximum absolute atomic E-state index is 12.0. The Morgan fingerprint density at radius 2 is 1.85 bits per heavy atom. The minimum absolute atomic E-state index is 0.103. The van der Waals surface area contributed by atoms with Gasteiger partial charge >= 0.3 is 5.97 Å². The molecule has 0 aliphatic carbocycles. The van der Waals surface area contributed by atoms with Gasteiger partial charge in [-0.15, -0.1) is 11.3 Å². The average Bonchev–Trinajstić information content (AvgIpc) is 2.75. The fourth-order valence-corrected chi connectivity index (χ4v) is 2.82. The van der Waals surface area contributed by atoms with Crippen molar-refractivity contribution in [1.82, 2.24) is 5.32 Å². The molecule has 0 spiro atoms. The topological polar surface area (TPSA) is 66.4 Å². The van der Waals surface area contributed by atoms with Gasteiger partial charge in [0, 0.05) is 16.3 Å². The molecule has 0 saturated heterocycles. The van der Waals surface area contributed by atoms with Gasteiger partial charge in [-0.1, -0.05) is 12.1 Å².